The molecule has 1 unspecified atom stereocenters. The predicted octanol–water partition coefficient (Wildman–Crippen LogP) is 1.21. The summed E-state index contributed by atoms with van der Waals surface area (Å²) < 4.78 is 11.0. The number of nitrogens with one attached hydrogen (secondary N) is 1. The first-order valence-corrected chi connectivity index (χ1v) is 5.21. The fourth-order valence-corrected chi connectivity index (χ4v) is 1.91. The van der Waals surface area contributed by atoms with Gasteiger partial charge in [-0.3, -0.25) is 0 Å². The molecule has 4 nitrogen and oxygen atoms in total. The van der Waals surface area contributed by atoms with E-state index in [2.05, 4.69) is 10.3 Å². The van der Waals surface area contributed by atoms with Crippen LogP contribution in [0.3, 0.4) is 0 Å². The largest absolute Gasteiger partial charge is 0.448 e. The van der Waals surface area contributed by atoms with Crippen LogP contribution < -0.4 is 5.32 Å². The van der Waals surface area contributed by atoms with Crippen molar-refractivity contribution in [1.29, 1.82) is 0 Å². The minimum atomic E-state index is 0.181. The van der Waals surface area contributed by atoms with Crippen LogP contribution in [0.25, 0.3) is 0 Å². The Hall–Kier alpha value is -0.870. The molecule has 2 aliphatic rings. The second kappa shape index (κ2) is 3.37. The number of nitrogens with zero attached hydrogens (tertiary/aromatic N) is 1. The summed E-state index contributed by atoms with van der Waals surface area (Å²) in [6, 6.07) is 0. The molecule has 0 aliphatic carbocycles. The van der Waals surface area contributed by atoms with E-state index in [9.17, 15) is 0 Å². The summed E-state index contributed by atoms with van der Waals surface area (Å²) in [5.74, 6) is 1.35. The minimum absolute atomic E-state index is 0.181. The molecule has 0 aromatic carbocycles. The Bertz CT molecular complexity index is 314. The molecule has 0 bridgehead atoms. The summed E-state index contributed by atoms with van der Waals surface area (Å²) in [6.07, 6.45) is 4.15. The highest BCUT2D eigenvalue weighted by atomic mass is 16.5. The van der Waals surface area contributed by atoms with E-state index in [1.54, 1.807) is 6.26 Å². The van der Waals surface area contributed by atoms with Crippen LogP contribution in [0, 0.1) is 0 Å². The van der Waals surface area contributed by atoms with Crippen LogP contribution in [-0.4, -0.2) is 24.7 Å². The van der Waals surface area contributed by atoms with E-state index in [0.717, 1.165) is 44.1 Å². The molecule has 1 aromatic heterocycles. The Morgan fingerprint density at radius 2 is 2.36 bits per heavy atom. The van der Waals surface area contributed by atoms with Gasteiger partial charge < -0.3 is 14.5 Å². The molecule has 14 heavy (non-hydrogen) atoms. The van der Waals surface area contributed by atoms with Crippen LogP contribution >= 0.6 is 0 Å². The Morgan fingerprint density at radius 1 is 1.43 bits per heavy atom. The van der Waals surface area contributed by atoms with Crippen LogP contribution in [0.5, 0.6) is 0 Å². The van der Waals surface area contributed by atoms with Crippen molar-refractivity contribution < 1.29 is 9.15 Å². The van der Waals surface area contributed by atoms with Gasteiger partial charge in [0.25, 0.3) is 0 Å². The van der Waals surface area contributed by atoms with E-state index in [0.29, 0.717) is 5.92 Å². The Morgan fingerprint density at radius 3 is 3.00 bits per heavy atom. The maximum Gasteiger partial charge on any atom is 0.199 e. The minimum Gasteiger partial charge on any atom is -0.448 e. The number of rotatable bonds is 2. The normalized spacial score (nSPS) is 27.9. The van der Waals surface area contributed by atoms with Crippen LogP contribution in [-0.2, 0) is 4.74 Å². The van der Waals surface area contributed by atoms with E-state index in [1.165, 1.54) is 0 Å². The molecule has 2 saturated heterocycles. The highest BCUT2D eigenvalue weighted by Crippen LogP contribution is 2.29. The SMILES string of the molecule is c1oc(C2CNC2)nc1C1CCCO1. The molecule has 0 saturated carbocycles. The first-order chi connectivity index (χ1) is 6.93. The van der Waals surface area contributed by atoms with Gasteiger partial charge in [-0.15, -0.1) is 0 Å². The van der Waals surface area contributed by atoms with Crippen molar-refractivity contribution in [2.75, 3.05) is 19.7 Å². The summed E-state index contributed by atoms with van der Waals surface area (Å²) >= 11 is 0. The van der Waals surface area contributed by atoms with Crippen molar-refractivity contribution >= 4 is 0 Å². The van der Waals surface area contributed by atoms with E-state index in [1.807, 2.05) is 0 Å². The highest BCUT2D eigenvalue weighted by Gasteiger charge is 2.27. The van der Waals surface area contributed by atoms with Crippen LogP contribution in [0.15, 0.2) is 10.7 Å². The predicted molar refractivity (Wildman–Crippen MR) is 50.0 cm³/mol. The van der Waals surface area contributed by atoms with E-state index < -0.39 is 0 Å². The lowest BCUT2D eigenvalue weighted by Crippen LogP contribution is -2.40. The van der Waals surface area contributed by atoms with Crippen LogP contribution in [0.1, 0.15) is 36.4 Å². The van der Waals surface area contributed by atoms with Gasteiger partial charge in [-0.05, 0) is 12.8 Å². The summed E-state index contributed by atoms with van der Waals surface area (Å²) in [6.45, 7) is 2.84. The van der Waals surface area contributed by atoms with Crippen molar-refractivity contribution in [2.45, 2.75) is 24.9 Å². The third-order valence-corrected chi connectivity index (χ3v) is 2.93. The van der Waals surface area contributed by atoms with Gasteiger partial charge in [0.1, 0.15) is 18.1 Å². The van der Waals surface area contributed by atoms with Crippen molar-refractivity contribution in [3.63, 3.8) is 0 Å². The van der Waals surface area contributed by atoms with E-state index >= 15 is 0 Å². The monoisotopic (exact) mass is 194 g/mol. The van der Waals surface area contributed by atoms with Gasteiger partial charge in [-0.2, -0.15) is 0 Å². The van der Waals surface area contributed by atoms with Gasteiger partial charge in [-0.1, -0.05) is 0 Å². The van der Waals surface area contributed by atoms with Gasteiger partial charge in [0.15, 0.2) is 5.89 Å². The average molecular weight is 194 g/mol. The first-order valence-electron chi connectivity index (χ1n) is 5.21. The molecule has 1 atom stereocenters. The third-order valence-electron chi connectivity index (χ3n) is 2.93. The Balaban J connectivity index is 1.75. The molecule has 0 amide bonds. The number of oxazole rings is 1. The highest BCUT2D eigenvalue weighted by molar-refractivity contribution is 5.08. The van der Waals surface area contributed by atoms with Crippen LogP contribution in [0.2, 0.25) is 0 Å². The van der Waals surface area contributed by atoms with E-state index in [4.69, 9.17) is 9.15 Å². The summed E-state index contributed by atoms with van der Waals surface area (Å²) in [4.78, 5) is 4.48. The lowest BCUT2D eigenvalue weighted by Gasteiger charge is -2.23. The standard InChI is InChI=1S/C10H14N2O2/c1-2-9(13-3-1)8-6-14-10(12-8)7-4-11-5-7/h6-7,9,11H,1-5H2. The number of aromatic nitrogens is 1. The summed E-state index contributed by atoms with van der Waals surface area (Å²) in [5, 5.41) is 3.21. The lowest BCUT2D eigenvalue weighted by molar-refractivity contribution is 0.108. The smallest absolute Gasteiger partial charge is 0.199 e. The Labute approximate surface area is 82.7 Å². The number of hydrogen-bond donors (Lipinski definition) is 1. The zero-order valence-electron chi connectivity index (χ0n) is 8.03. The zero-order valence-corrected chi connectivity index (χ0v) is 8.03. The lowest BCUT2D eigenvalue weighted by atomic mass is 10.0. The molecule has 4 heteroatoms. The van der Waals surface area contributed by atoms with Gasteiger partial charge in [0.2, 0.25) is 0 Å². The maximum absolute atomic E-state index is 5.55. The summed E-state index contributed by atoms with van der Waals surface area (Å²) in [5.41, 5.74) is 0.976. The topological polar surface area (TPSA) is 47.3 Å². The second-order valence-electron chi connectivity index (χ2n) is 3.97. The molecule has 3 heterocycles. The molecule has 0 radical (unpaired) electrons. The third kappa shape index (κ3) is 1.35. The van der Waals surface area contributed by atoms with E-state index in [-0.39, 0.29) is 6.10 Å². The van der Waals surface area contributed by atoms with Crippen molar-refractivity contribution in [3.05, 3.63) is 17.8 Å². The molecule has 0 spiro atoms. The molecule has 1 aromatic rings. The van der Waals surface area contributed by atoms with Gasteiger partial charge in [0.05, 0.1) is 5.92 Å². The zero-order chi connectivity index (χ0) is 9.38. The van der Waals surface area contributed by atoms with Crippen molar-refractivity contribution in [2.24, 2.45) is 0 Å². The van der Waals surface area contributed by atoms with Gasteiger partial charge in [-0.25, -0.2) is 4.98 Å². The maximum atomic E-state index is 5.55. The quantitative estimate of drug-likeness (QED) is 0.768. The number of hydrogen-bond acceptors (Lipinski definition) is 4. The van der Waals surface area contributed by atoms with Crippen LogP contribution in [0.4, 0.5) is 0 Å². The van der Waals surface area contributed by atoms with Crippen molar-refractivity contribution in [3.8, 4) is 0 Å². The molecular weight excluding hydrogens is 180 g/mol. The average Bonchev–Trinajstić information content (AvgIpc) is 2.65. The molecule has 2 aliphatic heterocycles. The molecular formula is C10H14N2O2. The van der Waals surface area contributed by atoms with Gasteiger partial charge in [0, 0.05) is 19.7 Å². The fraction of sp³-hybridized carbons (Fsp3) is 0.700. The van der Waals surface area contributed by atoms with Crippen molar-refractivity contribution in [1.82, 2.24) is 10.3 Å². The van der Waals surface area contributed by atoms with Gasteiger partial charge >= 0.3 is 0 Å². The molecule has 3 rings (SSSR count). The summed E-state index contributed by atoms with van der Waals surface area (Å²) in [7, 11) is 0. The second-order valence-corrected chi connectivity index (χ2v) is 3.97. The molecule has 2 fully saturated rings. The number of ether oxygens (including phenoxy) is 1. The first kappa shape index (κ1) is 8.44. The molecule has 76 valence electrons. The fourth-order valence-electron chi connectivity index (χ4n) is 1.91. The Kier molecular flexibility index (Phi) is 2.03. The molecule has 1 N–H and O–H groups in total.